The van der Waals surface area contributed by atoms with E-state index in [4.69, 9.17) is 16.3 Å². The molecular formula is C29H36ClF3N2O3S. The van der Waals surface area contributed by atoms with Crippen LogP contribution in [0, 0.1) is 11.8 Å². The van der Waals surface area contributed by atoms with Gasteiger partial charge in [0.05, 0.1) is 24.2 Å². The molecule has 1 aliphatic rings. The van der Waals surface area contributed by atoms with Gasteiger partial charge in [-0.2, -0.15) is 13.2 Å². The summed E-state index contributed by atoms with van der Waals surface area (Å²) in [5.41, 5.74) is -0.306. The van der Waals surface area contributed by atoms with Crippen molar-refractivity contribution in [3.63, 3.8) is 0 Å². The highest BCUT2D eigenvalue weighted by Gasteiger charge is 2.31. The molecule has 0 bridgehead atoms. The summed E-state index contributed by atoms with van der Waals surface area (Å²) in [6, 6.07) is 9.83. The van der Waals surface area contributed by atoms with Gasteiger partial charge in [-0.1, -0.05) is 50.2 Å². The van der Waals surface area contributed by atoms with Crippen molar-refractivity contribution in [2.45, 2.75) is 51.1 Å². The van der Waals surface area contributed by atoms with Crippen LogP contribution in [0.4, 0.5) is 13.2 Å². The average molecular weight is 585 g/mol. The first-order valence-electron chi connectivity index (χ1n) is 12.8. The van der Waals surface area contributed by atoms with Crippen molar-refractivity contribution in [3.8, 4) is 5.75 Å². The minimum atomic E-state index is -4.35. The number of carbonyl (C=O) groups excluding carboxylic acids is 2. The predicted molar refractivity (Wildman–Crippen MR) is 151 cm³/mol. The molecule has 1 heterocycles. The Morgan fingerprint density at radius 1 is 1.18 bits per heavy atom. The molecule has 5 nitrogen and oxygen atoms in total. The SMILES string of the molecule is CC(C)C.COc1ccc(Cl)cc1C(=O)N1CCC[C@H](C(=O)NCC/C=C/Sc2ccc(C(F)(F)F)cc2)C1. The Morgan fingerprint density at radius 2 is 1.85 bits per heavy atom. The van der Waals surface area contributed by atoms with Crippen molar-refractivity contribution < 1.29 is 27.5 Å². The number of thioether (sulfide) groups is 1. The number of nitrogens with zero attached hydrogens (tertiary/aromatic N) is 1. The first-order valence-corrected chi connectivity index (χ1v) is 14.1. The van der Waals surface area contributed by atoms with Crippen LogP contribution in [-0.2, 0) is 11.0 Å². The van der Waals surface area contributed by atoms with E-state index in [0.29, 0.717) is 53.7 Å². The molecule has 3 rings (SSSR count). The highest BCUT2D eigenvalue weighted by molar-refractivity contribution is 8.02. The molecule has 0 saturated carbocycles. The van der Waals surface area contributed by atoms with Crippen LogP contribution in [0.25, 0.3) is 0 Å². The molecule has 0 unspecified atom stereocenters. The average Bonchev–Trinajstić information content (AvgIpc) is 2.89. The van der Waals surface area contributed by atoms with Gasteiger partial charge in [-0.15, -0.1) is 0 Å². The summed E-state index contributed by atoms with van der Waals surface area (Å²) in [6.45, 7) is 7.80. The second kappa shape index (κ2) is 15.8. The first-order chi connectivity index (χ1) is 18.4. The Bertz CT molecular complexity index is 1110. The topological polar surface area (TPSA) is 58.6 Å². The third-order valence-electron chi connectivity index (χ3n) is 5.56. The maximum absolute atomic E-state index is 13.0. The zero-order chi connectivity index (χ0) is 29.0. The van der Waals surface area contributed by atoms with Gasteiger partial charge in [0, 0.05) is 29.6 Å². The molecule has 0 aromatic heterocycles. The van der Waals surface area contributed by atoms with Crippen molar-refractivity contribution >= 4 is 35.2 Å². The van der Waals surface area contributed by atoms with Crippen molar-refractivity contribution in [2.75, 3.05) is 26.7 Å². The molecule has 0 radical (unpaired) electrons. The van der Waals surface area contributed by atoms with Gasteiger partial charge in [0.2, 0.25) is 5.91 Å². The van der Waals surface area contributed by atoms with Crippen LogP contribution < -0.4 is 10.1 Å². The van der Waals surface area contributed by atoms with Crippen molar-refractivity contribution in [3.05, 3.63) is 70.1 Å². The highest BCUT2D eigenvalue weighted by atomic mass is 35.5. The number of hydrogen-bond donors (Lipinski definition) is 1. The molecule has 214 valence electrons. The number of hydrogen-bond acceptors (Lipinski definition) is 4. The number of alkyl halides is 3. The van der Waals surface area contributed by atoms with Crippen LogP contribution >= 0.6 is 23.4 Å². The van der Waals surface area contributed by atoms with Crippen LogP contribution in [0.15, 0.2) is 58.8 Å². The number of carbonyl (C=O) groups is 2. The zero-order valence-corrected chi connectivity index (χ0v) is 24.3. The summed E-state index contributed by atoms with van der Waals surface area (Å²) in [7, 11) is 1.49. The van der Waals surface area contributed by atoms with Crippen molar-refractivity contribution in [1.29, 1.82) is 0 Å². The van der Waals surface area contributed by atoms with Gasteiger partial charge in [-0.25, -0.2) is 0 Å². The zero-order valence-electron chi connectivity index (χ0n) is 22.7. The van der Waals surface area contributed by atoms with E-state index >= 15 is 0 Å². The van der Waals surface area contributed by atoms with E-state index in [-0.39, 0.29) is 17.7 Å². The Labute approximate surface area is 238 Å². The summed E-state index contributed by atoms with van der Waals surface area (Å²) in [6.07, 6.45) is -0.500. The quantitative estimate of drug-likeness (QED) is 0.255. The van der Waals surface area contributed by atoms with E-state index in [2.05, 4.69) is 26.1 Å². The van der Waals surface area contributed by atoms with Crippen LogP contribution in [0.2, 0.25) is 5.02 Å². The molecule has 2 aromatic rings. The maximum Gasteiger partial charge on any atom is 0.416 e. The second-order valence-corrected chi connectivity index (χ2v) is 11.2. The summed E-state index contributed by atoms with van der Waals surface area (Å²) in [5, 5.41) is 5.12. The van der Waals surface area contributed by atoms with Gasteiger partial charge in [0.25, 0.3) is 5.91 Å². The molecule has 1 aliphatic heterocycles. The van der Waals surface area contributed by atoms with Gasteiger partial charge in [-0.05, 0) is 73.1 Å². The lowest BCUT2D eigenvalue weighted by molar-refractivity contribution is -0.137. The number of amides is 2. The lowest BCUT2D eigenvalue weighted by atomic mass is 9.96. The number of piperidine rings is 1. The Hall–Kier alpha value is -2.65. The molecule has 1 N–H and O–H groups in total. The van der Waals surface area contributed by atoms with Crippen LogP contribution in [0.5, 0.6) is 5.75 Å². The number of methoxy groups -OCH3 is 1. The highest BCUT2D eigenvalue weighted by Crippen LogP contribution is 2.31. The minimum Gasteiger partial charge on any atom is -0.496 e. The molecule has 1 atom stereocenters. The fourth-order valence-corrected chi connectivity index (χ4v) is 4.59. The largest absolute Gasteiger partial charge is 0.496 e. The summed E-state index contributed by atoms with van der Waals surface area (Å²) in [5.74, 6) is 0.643. The van der Waals surface area contributed by atoms with Gasteiger partial charge in [0.15, 0.2) is 0 Å². The minimum absolute atomic E-state index is 0.107. The summed E-state index contributed by atoms with van der Waals surface area (Å²) < 4.78 is 43.1. The number of nitrogens with one attached hydrogen (secondary N) is 1. The molecule has 2 amide bonds. The number of halogens is 4. The van der Waals surface area contributed by atoms with Gasteiger partial charge >= 0.3 is 6.18 Å². The van der Waals surface area contributed by atoms with Gasteiger partial charge < -0.3 is 15.0 Å². The van der Waals surface area contributed by atoms with E-state index in [1.54, 1.807) is 28.5 Å². The second-order valence-electron chi connectivity index (χ2n) is 9.76. The predicted octanol–water partition coefficient (Wildman–Crippen LogP) is 7.69. The Balaban J connectivity index is 0.00000124. The molecule has 0 aliphatic carbocycles. The van der Waals surface area contributed by atoms with Crippen molar-refractivity contribution in [1.82, 2.24) is 10.2 Å². The monoisotopic (exact) mass is 584 g/mol. The third-order valence-corrected chi connectivity index (χ3v) is 6.67. The normalized spacial score (nSPS) is 15.6. The molecular weight excluding hydrogens is 549 g/mol. The standard InChI is InChI=1S/C25H26ClF3N2O3S.C4H10/c1-34-22-11-8-19(26)15-21(22)24(33)31-13-4-5-17(16-31)23(32)30-12-2-3-14-35-20-9-6-18(7-10-20)25(27,28)29;1-4(2)3/h3,6-11,14-15,17H,2,4-5,12-13,16H2,1H3,(H,30,32);4H,1-3H3/b14-3+;/t17-;/m0./s1. The van der Waals surface area contributed by atoms with Crippen molar-refractivity contribution in [2.24, 2.45) is 11.8 Å². The lowest BCUT2D eigenvalue weighted by Crippen LogP contribution is -2.45. The molecule has 1 saturated heterocycles. The number of ether oxygens (including phenoxy) is 1. The number of likely N-dealkylation sites (tertiary alicyclic amines) is 1. The van der Waals surface area contributed by atoms with Gasteiger partial charge in [-0.3, -0.25) is 9.59 Å². The van der Waals surface area contributed by atoms with Crippen LogP contribution in [0.3, 0.4) is 0 Å². The van der Waals surface area contributed by atoms with E-state index in [1.807, 2.05) is 6.08 Å². The van der Waals surface area contributed by atoms with Crippen LogP contribution in [0.1, 0.15) is 56.0 Å². The van der Waals surface area contributed by atoms with E-state index in [9.17, 15) is 22.8 Å². The lowest BCUT2D eigenvalue weighted by Gasteiger charge is -2.32. The summed E-state index contributed by atoms with van der Waals surface area (Å²) in [4.78, 5) is 28.0. The smallest absolute Gasteiger partial charge is 0.416 e. The molecule has 10 heteroatoms. The molecule has 39 heavy (non-hydrogen) atoms. The van der Waals surface area contributed by atoms with E-state index < -0.39 is 11.7 Å². The fourth-order valence-electron chi connectivity index (χ4n) is 3.73. The molecule has 0 spiro atoms. The Kier molecular flexibility index (Phi) is 13.2. The van der Waals surface area contributed by atoms with E-state index in [0.717, 1.165) is 24.5 Å². The molecule has 2 aromatic carbocycles. The number of rotatable bonds is 8. The third kappa shape index (κ3) is 11.2. The fraction of sp³-hybridized carbons (Fsp3) is 0.448. The summed E-state index contributed by atoms with van der Waals surface area (Å²) >= 11 is 7.36. The van der Waals surface area contributed by atoms with Gasteiger partial charge in [0.1, 0.15) is 5.75 Å². The maximum atomic E-state index is 13.0. The van der Waals surface area contributed by atoms with Crippen LogP contribution in [-0.4, -0.2) is 43.5 Å². The Morgan fingerprint density at radius 3 is 2.46 bits per heavy atom. The number of benzene rings is 2. The first kappa shape index (κ1) is 32.6. The molecule has 1 fully saturated rings. The van der Waals surface area contributed by atoms with E-state index in [1.165, 1.54) is 31.0 Å².